The minimum atomic E-state index is -0.274. The molecular formula is C25H25Cl3N2O3. The Balaban J connectivity index is 1.53. The number of carbonyl (C=O) groups excluding carboxylic acids is 1. The second kappa shape index (κ2) is 12.1. The average Bonchev–Trinajstić information content (AvgIpc) is 2.79. The molecule has 174 valence electrons. The van der Waals surface area contributed by atoms with E-state index in [4.69, 9.17) is 44.3 Å². The molecule has 0 spiro atoms. The van der Waals surface area contributed by atoms with Crippen LogP contribution < -0.4 is 20.1 Å². The maximum Gasteiger partial charge on any atom is 0.262 e. The molecule has 3 rings (SSSR count). The second-order valence-electron chi connectivity index (χ2n) is 7.46. The molecule has 0 fully saturated rings. The minimum Gasteiger partial charge on any atom is -0.493 e. The Kier molecular flexibility index (Phi) is 9.27. The van der Waals surface area contributed by atoms with Gasteiger partial charge in [0.1, 0.15) is 0 Å². The van der Waals surface area contributed by atoms with Gasteiger partial charge >= 0.3 is 0 Å². The number of benzene rings is 3. The normalized spacial score (nSPS) is 10.7. The first-order valence-corrected chi connectivity index (χ1v) is 11.5. The van der Waals surface area contributed by atoms with Crippen molar-refractivity contribution in [3.63, 3.8) is 0 Å². The number of nitrogens with one attached hydrogen (secondary N) is 2. The van der Waals surface area contributed by atoms with Gasteiger partial charge in [-0.3, -0.25) is 4.79 Å². The molecule has 3 aromatic carbocycles. The molecule has 8 heteroatoms. The van der Waals surface area contributed by atoms with Crippen molar-refractivity contribution in [3.8, 4) is 11.5 Å². The molecule has 0 aliphatic heterocycles. The molecule has 0 heterocycles. The number of amides is 1. The third-order valence-corrected chi connectivity index (χ3v) is 5.87. The first kappa shape index (κ1) is 25.2. The highest BCUT2D eigenvalue weighted by molar-refractivity contribution is 6.35. The van der Waals surface area contributed by atoms with E-state index in [0.717, 1.165) is 23.1 Å². The summed E-state index contributed by atoms with van der Waals surface area (Å²) in [6.45, 7) is 3.06. The number of hydrogen-bond acceptors (Lipinski definition) is 4. The molecule has 0 aliphatic carbocycles. The number of carbonyl (C=O) groups is 1. The number of anilines is 1. The van der Waals surface area contributed by atoms with Gasteiger partial charge in [0, 0.05) is 33.4 Å². The first-order chi connectivity index (χ1) is 15.9. The summed E-state index contributed by atoms with van der Waals surface area (Å²) in [5.74, 6) is 0.627. The molecule has 0 unspecified atom stereocenters. The molecule has 0 aromatic heterocycles. The minimum absolute atomic E-state index is 0.167. The Hall–Kier alpha value is -2.44. The highest BCUT2D eigenvalue weighted by Gasteiger charge is 2.13. The zero-order chi connectivity index (χ0) is 23.8. The number of halogens is 3. The second-order valence-corrected chi connectivity index (χ2v) is 8.71. The Labute approximate surface area is 208 Å². The van der Waals surface area contributed by atoms with Gasteiger partial charge in [-0.05, 0) is 61.3 Å². The molecule has 2 N–H and O–H groups in total. The summed E-state index contributed by atoms with van der Waals surface area (Å²) in [5, 5.41) is 7.92. The molecule has 3 aromatic rings. The number of ether oxygens (including phenoxy) is 2. The topological polar surface area (TPSA) is 59.6 Å². The smallest absolute Gasteiger partial charge is 0.262 e. The average molecular weight is 508 g/mol. The molecular weight excluding hydrogens is 483 g/mol. The van der Waals surface area contributed by atoms with Crippen LogP contribution in [0.5, 0.6) is 11.5 Å². The van der Waals surface area contributed by atoms with Crippen LogP contribution >= 0.6 is 34.8 Å². The van der Waals surface area contributed by atoms with Gasteiger partial charge in [0.25, 0.3) is 5.91 Å². The fourth-order valence-electron chi connectivity index (χ4n) is 3.13. The molecule has 0 saturated heterocycles. The van der Waals surface area contributed by atoms with Crippen LogP contribution in [0.3, 0.4) is 0 Å². The van der Waals surface area contributed by atoms with Crippen LogP contribution in [0.2, 0.25) is 15.1 Å². The third kappa shape index (κ3) is 7.54. The molecule has 5 nitrogen and oxygen atoms in total. The fraction of sp³-hybridized carbons (Fsp3) is 0.240. The van der Waals surface area contributed by atoms with Gasteiger partial charge in [-0.25, -0.2) is 0 Å². The van der Waals surface area contributed by atoms with Crippen molar-refractivity contribution in [1.82, 2.24) is 5.32 Å². The van der Waals surface area contributed by atoms with E-state index in [0.29, 0.717) is 45.3 Å². The molecule has 0 saturated carbocycles. The summed E-state index contributed by atoms with van der Waals surface area (Å²) in [5.41, 5.74) is 3.70. The van der Waals surface area contributed by atoms with E-state index in [1.54, 1.807) is 25.3 Å². The Morgan fingerprint density at radius 3 is 2.33 bits per heavy atom. The van der Waals surface area contributed by atoms with E-state index in [2.05, 4.69) is 10.6 Å². The maximum atomic E-state index is 12.2. The monoisotopic (exact) mass is 506 g/mol. The van der Waals surface area contributed by atoms with Crippen molar-refractivity contribution in [2.45, 2.75) is 19.9 Å². The highest BCUT2D eigenvalue weighted by Crippen LogP contribution is 2.33. The van der Waals surface area contributed by atoms with Crippen molar-refractivity contribution in [2.75, 3.05) is 25.6 Å². The lowest BCUT2D eigenvalue weighted by Gasteiger charge is -2.14. The molecule has 1 amide bonds. The molecule has 0 bridgehead atoms. The van der Waals surface area contributed by atoms with Crippen molar-refractivity contribution >= 4 is 46.4 Å². The molecule has 0 radical (unpaired) electrons. The van der Waals surface area contributed by atoms with Crippen LogP contribution in [0.15, 0.2) is 54.6 Å². The maximum absolute atomic E-state index is 12.2. The zero-order valence-electron chi connectivity index (χ0n) is 18.4. The fourth-order valence-corrected chi connectivity index (χ4v) is 3.86. The van der Waals surface area contributed by atoms with Crippen LogP contribution in [0.25, 0.3) is 0 Å². The van der Waals surface area contributed by atoms with Crippen molar-refractivity contribution in [2.24, 2.45) is 0 Å². The van der Waals surface area contributed by atoms with Gasteiger partial charge in [-0.15, -0.1) is 0 Å². The third-order valence-electron chi connectivity index (χ3n) is 4.93. The van der Waals surface area contributed by atoms with E-state index >= 15 is 0 Å². The quantitative estimate of drug-likeness (QED) is 0.316. The zero-order valence-corrected chi connectivity index (χ0v) is 20.7. The van der Waals surface area contributed by atoms with Crippen LogP contribution in [0, 0.1) is 6.92 Å². The van der Waals surface area contributed by atoms with E-state index in [9.17, 15) is 4.79 Å². The summed E-state index contributed by atoms with van der Waals surface area (Å²) in [6.07, 6.45) is 0.752. The van der Waals surface area contributed by atoms with Crippen molar-refractivity contribution in [3.05, 3.63) is 86.4 Å². The van der Waals surface area contributed by atoms with E-state index < -0.39 is 0 Å². The summed E-state index contributed by atoms with van der Waals surface area (Å²) in [4.78, 5) is 12.2. The van der Waals surface area contributed by atoms with E-state index in [-0.39, 0.29) is 12.5 Å². The van der Waals surface area contributed by atoms with Gasteiger partial charge in [0.2, 0.25) is 0 Å². The van der Waals surface area contributed by atoms with Crippen molar-refractivity contribution < 1.29 is 14.3 Å². The van der Waals surface area contributed by atoms with Crippen LogP contribution in [0.1, 0.15) is 16.7 Å². The van der Waals surface area contributed by atoms with Gasteiger partial charge in [-0.1, -0.05) is 58.6 Å². The first-order valence-electron chi connectivity index (χ1n) is 10.4. The van der Waals surface area contributed by atoms with Gasteiger partial charge in [0.15, 0.2) is 18.1 Å². The van der Waals surface area contributed by atoms with Gasteiger partial charge in [0.05, 0.1) is 7.11 Å². The summed E-state index contributed by atoms with van der Waals surface area (Å²) in [6, 6.07) is 16.5. The lowest BCUT2D eigenvalue weighted by Crippen LogP contribution is -2.20. The number of hydrogen-bond donors (Lipinski definition) is 2. The lowest BCUT2D eigenvalue weighted by molar-refractivity contribution is -0.118. The van der Waals surface area contributed by atoms with E-state index in [1.165, 1.54) is 0 Å². The largest absolute Gasteiger partial charge is 0.493 e. The summed E-state index contributed by atoms with van der Waals surface area (Å²) >= 11 is 18.6. The summed E-state index contributed by atoms with van der Waals surface area (Å²) < 4.78 is 11.1. The lowest BCUT2D eigenvalue weighted by atomic mass is 10.1. The van der Waals surface area contributed by atoms with Gasteiger partial charge in [-0.2, -0.15) is 0 Å². The molecule has 33 heavy (non-hydrogen) atoms. The Morgan fingerprint density at radius 2 is 1.64 bits per heavy atom. The van der Waals surface area contributed by atoms with Crippen LogP contribution in [0.4, 0.5) is 5.69 Å². The number of methoxy groups -OCH3 is 1. The van der Waals surface area contributed by atoms with E-state index in [1.807, 2.05) is 43.3 Å². The van der Waals surface area contributed by atoms with Crippen LogP contribution in [-0.2, 0) is 17.8 Å². The number of rotatable bonds is 10. The SMILES string of the molecule is COc1cc(CNCCc2ccc(Cl)cc2Cl)c(Cl)cc1OCC(=O)Nc1ccc(C)cc1. The van der Waals surface area contributed by atoms with Crippen LogP contribution in [-0.4, -0.2) is 26.2 Å². The number of aryl methyl sites for hydroxylation is 1. The Morgan fingerprint density at radius 1 is 0.909 bits per heavy atom. The highest BCUT2D eigenvalue weighted by atomic mass is 35.5. The molecule has 0 aliphatic rings. The standard InChI is InChI=1S/C25H25Cl3N2O3/c1-16-3-7-20(8-4-16)30-25(31)15-33-24-13-22(28)18(11-23(24)32-2)14-29-10-9-17-5-6-19(26)12-21(17)27/h3-8,11-13,29H,9-10,14-15H2,1-2H3,(H,30,31). The Bertz CT molecular complexity index is 1100. The predicted molar refractivity (Wildman–Crippen MR) is 135 cm³/mol. The molecule has 0 atom stereocenters. The summed E-state index contributed by atoms with van der Waals surface area (Å²) in [7, 11) is 1.54. The van der Waals surface area contributed by atoms with Gasteiger partial charge < -0.3 is 20.1 Å². The van der Waals surface area contributed by atoms with Crippen molar-refractivity contribution in [1.29, 1.82) is 0 Å². The predicted octanol–water partition coefficient (Wildman–Crippen LogP) is 6.31.